The Morgan fingerprint density at radius 3 is 2.00 bits per heavy atom. The second-order valence-corrected chi connectivity index (χ2v) is 8.18. The predicted octanol–water partition coefficient (Wildman–Crippen LogP) is 1.02. The molecule has 0 bridgehead atoms. The Morgan fingerprint density at radius 1 is 1.06 bits per heavy atom. The predicted molar refractivity (Wildman–Crippen MR) is 69.6 cm³/mol. The van der Waals surface area contributed by atoms with Crippen molar-refractivity contribution in [2.45, 2.75) is 23.6 Å². The van der Waals surface area contributed by atoms with Crippen molar-refractivity contribution in [3.05, 3.63) is 24.3 Å². The quantitative estimate of drug-likeness (QED) is 0.878. The number of nitrogens with one attached hydrogen (secondary N) is 1. The fourth-order valence-corrected chi connectivity index (χ4v) is 4.17. The van der Waals surface area contributed by atoms with E-state index < -0.39 is 19.9 Å². The number of rotatable bonds is 5. The van der Waals surface area contributed by atoms with Crippen molar-refractivity contribution in [3.8, 4) is 0 Å². The van der Waals surface area contributed by atoms with E-state index in [2.05, 4.69) is 4.72 Å². The van der Waals surface area contributed by atoms with Gasteiger partial charge in [-0.2, -0.15) is 0 Å². The molecule has 0 aliphatic heterocycles. The Labute approximate surface area is 108 Å². The van der Waals surface area contributed by atoms with Gasteiger partial charge in [-0.15, -0.1) is 0 Å². The topological polar surface area (TPSA) is 80.3 Å². The Kier molecular flexibility index (Phi) is 4.52. The number of benzene rings is 1. The second-order valence-electron chi connectivity index (χ2n) is 4.46. The van der Waals surface area contributed by atoms with Gasteiger partial charge in [0.25, 0.3) is 0 Å². The van der Waals surface area contributed by atoms with Crippen molar-refractivity contribution in [1.29, 1.82) is 0 Å². The third-order valence-electron chi connectivity index (χ3n) is 2.22. The van der Waals surface area contributed by atoms with Crippen molar-refractivity contribution in [1.82, 2.24) is 4.72 Å². The zero-order chi connectivity index (χ0) is 14.0. The first-order chi connectivity index (χ1) is 8.14. The molecule has 0 spiro atoms. The van der Waals surface area contributed by atoms with Gasteiger partial charge in [-0.05, 0) is 18.1 Å². The van der Waals surface area contributed by atoms with Crippen LogP contribution in [0, 0.1) is 5.92 Å². The second kappa shape index (κ2) is 5.38. The summed E-state index contributed by atoms with van der Waals surface area (Å²) >= 11 is 0. The lowest BCUT2D eigenvalue weighted by atomic mass is 10.2. The first kappa shape index (κ1) is 15.1. The molecule has 102 valence electrons. The molecule has 0 saturated heterocycles. The molecule has 1 aromatic rings. The van der Waals surface area contributed by atoms with Gasteiger partial charge in [-0.3, -0.25) is 0 Å². The van der Waals surface area contributed by atoms with Crippen LogP contribution in [-0.4, -0.2) is 29.6 Å². The first-order valence-corrected chi connectivity index (χ1v) is 8.81. The summed E-state index contributed by atoms with van der Waals surface area (Å²) in [6, 6.07) is 5.58. The van der Waals surface area contributed by atoms with Crippen molar-refractivity contribution < 1.29 is 16.8 Å². The lowest BCUT2D eigenvalue weighted by molar-refractivity contribution is 0.556. The average molecular weight is 291 g/mol. The van der Waals surface area contributed by atoms with Gasteiger partial charge in [0.05, 0.1) is 4.90 Å². The molecule has 0 aliphatic rings. The Morgan fingerprint density at radius 2 is 1.56 bits per heavy atom. The molecule has 0 amide bonds. The van der Waals surface area contributed by atoms with Crippen LogP contribution in [0.2, 0.25) is 0 Å². The molecule has 0 aromatic heterocycles. The molecule has 1 aromatic carbocycles. The van der Waals surface area contributed by atoms with E-state index in [1.807, 2.05) is 13.8 Å². The van der Waals surface area contributed by atoms with Gasteiger partial charge in [-0.1, -0.05) is 26.0 Å². The number of sulfone groups is 1. The van der Waals surface area contributed by atoms with E-state index in [9.17, 15) is 16.8 Å². The standard InChI is InChI=1S/C11H17NO4S2/c1-9(2)8-12-18(15,16)11-7-5-4-6-10(11)17(3,13)14/h4-7,9,12H,8H2,1-3H3. The van der Waals surface area contributed by atoms with Crippen LogP contribution in [0.15, 0.2) is 34.1 Å². The molecule has 0 fully saturated rings. The third kappa shape index (κ3) is 3.79. The van der Waals surface area contributed by atoms with Gasteiger partial charge >= 0.3 is 0 Å². The monoisotopic (exact) mass is 291 g/mol. The Hall–Kier alpha value is -0.920. The molecular formula is C11H17NO4S2. The van der Waals surface area contributed by atoms with Gasteiger partial charge in [0.15, 0.2) is 9.84 Å². The van der Waals surface area contributed by atoms with E-state index in [4.69, 9.17) is 0 Å². The molecule has 18 heavy (non-hydrogen) atoms. The van der Waals surface area contributed by atoms with Crippen LogP contribution < -0.4 is 4.72 Å². The minimum absolute atomic E-state index is 0.144. The maximum Gasteiger partial charge on any atom is 0.241 e. The average Bonchev–Trinajstić information content (AvgIpc) is 2.25. The van der Waals surface area contributed by atoms with Gasteiger partial charge < -0.3 is 0 Å². The van der Waals surface area contributed by atoms with Crippen molar-refractivity contribution in [2.24, 2.45) is 5.92 Å². The number of hydrogen-bond donors (Lipinski definition) is 1. The normalized spacial score (nSPS) is 12.9. The molecule has 0 unspecified atom stereocenters. The highest BCUT2D eigenvalue weighted by Gasteiger charge is 2.23. The first-order valence-electron chi connectivity index (χ1n) is 5.43. The van der Waals surface area contributed by atoms with Crippen LogP contribution in [0.5, 0.6) is 0 Å². The zero-order valence-corrected chi connectivity index (χ0v) is 12.2. The smallest absolute Gasteiger partial charge is 0.224 e. The Balaban J connectivity index is 3.26. The number of hydrogen-bond acceptors (Lipinski definition) is 4. The van der Waals surface area contributed by atoms with Crippen LogP contribution in [0.4, 0.5) is 0 Å². The van der Waals surface area contributed by atoms with Gasteiger partial charge in [-0.25, -0.2) is 21.6 Å². The SMILES string of the molecule is CC(C)CNS(=O)(=O)c1ccccc1S(C)(=O)=O. The maximum absolute atomic E-state index is 12.0. The highest BCUT2D eigenvalue weighted by Crippen LogP contribution is 2.20. The lowest BCUT2D eigenvalue weighted by Crippen LogP contribution is -2.28. The van der Waals surface area contributed by atoms with Gasteiger partial charge in [0.2, 0.25) is 10.0 Å². The van der Waals surface area contributed by atoms with Crippen LogP contribution >= 0.6 is 0 Å². The Bertz CT molecular complexity index is 618. The summed E-state index contributed by atoms with van der Waals surface area (Å²) in [6.07, 6.45) is 0.990. The largest absolute Gasteiger partial charge is 0.241 e. The molecular weight excluding hydrogens is 274 g/mol. The minimum atomic E-state index is -3.80. The van der Waals surface area contributed by atoms with E-state index in [1.54, 1.807) is 0 Å². The van der Waals surface area contributed by atoms with E-state index in [-0.39, 0.29) is 22.3 Å². The van der Waals surface area contributed by atoms with E-state index in [0.717, 1.165) is 6.26 Å². The molecule has 0 aliphatic carbocycles. The highest BCUT2D eigenvalue weighted by molar-refractivity contribution is 7.93. The van der Waals surface area contributed by atoms with Crippen LogP contribution in [0.1, 0.15) is 13.8 Å². The minimum Gasteiger partial charge on any atom is -0.224 e. The van der Waals surface area contributed by atoms with Crippen LogP contribution in [0.3, 0.4) is 0 Å². The summed E-state index contributed by atoms with van der Waals surface area (Å²) in [7, 11) is -7.37. The van der Waals surface area contributed by atoms with E-state index in [1.165, 1.54) is 24.3 Å². The molecule has 0 atom stereocenters. The van der Waals surface area contributed by atoms with Crippen molar-refractivity contribution in [2.75, 3.05) is 12.8 Å². The molecule has 1 N–H and O–H groups in total. The van der Waals surface area contributed by atoms with Crippen LogP contribution in [0.25, 0.3) is 0 Å². The van der Waals surface area contributed by atoms with Crippen LogP contribution in [-0.2, 0) is 19.9 Å². The molecule has 0 heterocycles. The summed E-state index contributed by atoms with van der Waals surface area (Å²) in [5.41, 5.74) is 0. The lowest BCUT2D eigenvalue weighted by Gasteiger charge is -2.11. The van der Waals surface area contributed by atoms with E-state index in [0.29, 0.717) is 0 Å². The summed E-state index contributed by atoms with van der Waals surface area (Å²) < 4.78 is 49.5. The third-order valence-corrected chi connectivity index (χ3v) is 4.99. The molecule has 1 rings (SSSR count). The summed E-state index contributed by atoms with van der Waals surface area (Å²) in [4.78, 5) is -0.380. The molecule has 0 saturated carbocycles. The van der Waals surface area contributed by atoms with Gasteiger partial charge in [0, 0.05) is 12.8 Å². The number of sulfonamides is 1. The fraction of sp³-hybridized carbons (Fsp3) is 0.455. The van der Waals surface area contributed by atoms with Crippen molar-refractivity contribution in [3.63, 3.8) is 0 Å². The molecule has 5 nitrogen and oxygen atoms in total. The van der Waals surface area contributed by atoms with Gasteiger partial charge in [0.1, 0.15) is 4.90 Å². The highest BCUT2D eigenvalue weighted by atomic mass is 32.2. The van der Waals surface area contributed by atoms with Crippen molar-refractivity contribution >= 4 is 19.9 Å². The summed E-state index contributed by atoms with van der Waals surface area (Å²) in [5, 5.41) is 0. The zero-order valence-electron chi connectivity index (χ0n) is 10.5. The molecule has 0 radical (unpaired) electrons. The summed E-state index contributed by atoms with van der Waals surface area (Å²) in [5.74, 6) is 0.144. The fourth-order valence-electron chi connectivity index (χ4n) is 1.33. The molecule has 7 heteroatoms. The summed E-state index contributed by atoms with van der Waals surface area (Å²) in [6.45, 7) is 4.00. The maximum atomic E-state index is 12.0. The van der Waals surface area contributed by atoms with E-state index >= 15 is 0 Å².